The van der Waals surface area contributed by atoms with Crippen LogP contribution in [0.2, 0.25) is 0 Å². The minimum Gasteiger partial charge on any atom is -0.493 e. The van der Waals surface area contributed by atoms with Gasteiger partial charge >= 0.3 is 0 Å². The Morgan fingerprint density at radius 1 is 1.22 bits per heavy atom. The highest BCUT2D eigenvalue weighted by Crippen LogP contribution is 2.27. The fraction of sp³-hybridized carbons (Fsp3) is 0.667. The van der Waals surface area contributed by atoms with E-state index >= 15 is 0 Å². The van der Waals surface area contributed by atoms with Gasteiger partial charge in [-0.15, -0.1) is 0 Å². The maximum Gasteiger partial charge on any atom is 0.136 e. The first kappa shape index (κ1) is 26.4. The van der Waals surface area contributed by atoms with E-state index in [9.17, 15) is 4.79 Å². The van der Waals surface area contributed by atoms with E-state index in [1.54, 1.807) is 0 Å². The molecule has 5 heteroatoms. The summed E-state index contributed by atoms with van der Waals surface area (Å²) in [6.07, 6.45) is 6.24. The van der Waals surface area contributed by atoms with Gasteiger partial charge in [-0.1, -0.05) is 39.3 Å². The van der Waals surface area contributed by atoms with Crippen molar-refractivity contribution in [3.05, 3.63) is 35.9 Å². The van der Waals surface area contributed by atoms with E-state index in [4.69, 9.17) is 10.5 Å². The lowest BCUT2D eigenvalue weighted by Crippen LogP contribution is -2.46. The van der Waals surface area contributed by atoms with Gasteiger partial charge in [0.15, 0.2) is 0 Å². The number of aldehydes is 1. The van der Waals surface area contributed by atoms with E-state index in [2.05, 4.69) is 81.7 Å². The maximum absolute atomic E-state index is 10.8. The molecule has 2 atom stereocenters. The van der Waals surface area contributed by atoms with Crippen molar-refractivity contribution in [2.45, 2.75) is 72.9 Å². The van der Waals surface area contributed by atoms with Gasteiger partial charge < -0.3 is 25.1 Å². The van der Waals surface area contributed by atoms with E-state index in [-0.39, 0.29) is 11.5 Å². The molecule has 1 heterocycles. The number of nitrogens with zero attached hydrogens (tertiary/aromatic N) is 2. The van der Waals surface area contributed by atoms with Crippen LogP contribution in [0.15, 0.2) is 35.9 Å². The number of nitrogens with two attached hydrogens (primary N) is 1. The molecule has 0 bridgehead atoms. The lowest BCUT2D eigenvalue weighted by molar-refractivity contribution is -0.109. The van der Waals surface area contributed by atoms with Gasteiger partial charge in [0.1, 0.15) is 12.0 Å². The molecule has 2 rings (SSSR count). The van der Waals surface area contributed by atoms with Crippen LogP contribution in [0.5, 0.6) is 5.75 Å². The Labute approximate surface area is 196 Å². The van der Waals surface area contributed by atoms with Gasteiger partial charge in [0, 0.05) is 37.9 Å². The van der Waals surface area contributed by atoms with Crippen molar-refractivity contribution in [3.63, 3.8) is 0 Å². The van der Waals surface area contributed by atoms with Crippen LogP contribution in [0.4, 0.5) is 5.69 Å². The second-order valence-corrected chi connectivity index (χ2v) is 10.9. The van der Waals surface area contributed by atoms with Crippen LogP contribution in [-0.2, 0) is 4.79 Å². The van der Waals surface area contributed by atoms with Crippen LogP contribution in [0.25, 0.3) is 0 Å². The zero-order chi connectivity index (χ0) is 23.7. The molecular weight excluding hydrogens is 398 g/mol. The molecule has 5 nitrogen and oxygen atoms in total. The van der Waals surface area contributed by atoms with E-state index in [0.717, 1.165) is 57.5 Å². The predicted molar refractivity (Wildman–Crippen MR) is 135 cm³/mol. The molecule has 1 aliphatic rings. The molecule has 32 heavy (non-hydrogen) atoms. The van der Waals surface area contributed by atoms with E-state index in [1.165, 1.54) is 11.3 Å². The Balaban J connectivity index is 1.99. The quantitative estimate of drug-likeness (QED) is 0.389. The molecule has 1 fully saturated rings. The first-order chi connectivity index (χ1) is 15.1. The Hall–Kier alpha value is -1.85. The number of carbonyl (C=O) groups excluding carboxylic acids is 1. The van der Waals surface area contributed by atoms with Gasteiger partial charge in [-0.3, -0.25) is 0 Å². The Morgan fingerprint density at radius 3 is 2.38 bits per heavy atom. The Bertz CT molecular complexity index is 711. The molecule has 0 amide bonds. The smallest absolute Gasteiger partial charge is 0.136 e. The summed E-state index contributed by atoms with van der Waals surface area (Å²) in [5, 5.41) is 0. The zero-order valence-corrected chi connectivity index (χ0v) is 21.1. The maximum atomic E-state index is 10.8. The van der Waals surface area contributed by atoms with Crippen molar-refractivity contribution in [2.24, 2.45) is 17.1 Å². The standard InChI is InChI=1S/C27H45N3O2/c1-21(2)11-16-30(24-7-9-26(10-8-24)32-20-27(4,5)6)25-12-14-29(15-13-25)18-22(3)17-23(28)19-31/h7-11,19,22-23,25H,12-18,20,28H2,1-6H3. The monoisotopic (exact) mass is 443 g/mol. The fourth-order valence-corrected chi connectivity index (χ4v) is 4.23. The van der Waals surface area contributed by atoms with Crippen molar-refractivity contribution < 1.29 is 9.53 Å². The summed E-state index contributed by atoms with van der Waals surface area (Å²) in [5.41, 5.74) is 8.56. The number of hydrogen-bond donors (Lipinski definition) is 1. The summed E-state index contributed by atoms with van der Waals surface area (Å²) in [5.74, 6) is 1.37. The van der Waals surface area contributed by atoms with E-state index in [0.29, 0.717) is 18.6 Å². The summed E-state index contributed by atoms with van der Waals surface area (Å²) in [4.78, 5) is 15.9. The number of allylic oxidation sites excluding steroid dienone is 1. The molecule has 1 aromatic carbocycles. The summed E-state index contributed by atoms with van der Waals surface area (Å²) in [6, 6.07) is 8.79. The van der Waals surface area contributed by atoms with Crippen LogP contribution in [-0.4, -0.2) is 56.1 Å². The number of benzene rings is 1. The number of carbonyl (C=O) groups is 1. The van der Waals surface area contributed by atoms with Crippen molar-refractivity contribution in [1.82, 2.24) is 4.90 Å². The molecule has 0 spiro atoms. The van der Waals surface area contributed by atoms with Gasteiger partial charge in [0.05, 0.1) is 12.6 Å². The molecule has 1 saturated heterocycles. The van der Waals surface area contributed by atoms with Crippen LogP contribution >= 0.6 is 0 Å². The molecule has 0 radical (unpaired) electrons. The Kier molecular flexibility index (Phi) is 10.2. The Morgan fingerprint density at radius 2 is 1.84 bits per heavy atom. The average Bonchev–Trinajstić information content (AvgIpc) is 2.73. The third-order valence-electron chi connectivity index (χ3n) is 5.95. The van der Waals surface area contributed by atoms with Gasteiger partial charge in [-0.2, -0.15) is 0 Å². The summed E-state index contributed by atoms with van der Waals surface area (Å²) < 4.78 is 5.97. The predicted octanol–water partition coefficient (Wildman–Crippen LogP) is 4.90. The first-order valence-corrected chi connectivity index (χ1v) is 12.1. The van der Waals surface area contributed by atoms with Crippen molar-refractivity contribution in [2.75, 3.05) is 37.7 Å². The highest BCUT2D eigenvalue weighted by Gasteiger charge is 2.25. The lowest BCUT2D eigenvalue weighted by Gasteiger charge is -2.40. The first-order valence-electron chi connectivity index (χ1n) is 12.1. The van der Waals surface area contributed by atoms with Crippen LogP contribution < -0.4 is 15.4 Å². The molecule has 2 N–H and O–H groups in total. The number of piperidine rings is 1. The third kappa shape index (κ3) is 9.33. The van der Waals surface area contributed by atoms with E-state index in [1.807, 2.05) is 0 Å². The molecular formula is C27H45N3O2. The number of rotatable bonds is 11. The number of ether oxygens (including phenoxy) is 1. The number of anilines is 1. The fourth-order valence-electron chi connectivity index (χ4n) is 4.23. The SMILES string of the molecule is CC(C)=CCN(c1ccc(OCC(C)(C)C)cc1)C1CCN(CC(C)CC(N)C=O)CC1. The van der Waals surface area contributed by atoms with Crippen LogP contribution in [0.3, 0.4) is 0 Å². The van der Waals surface area contributed by atoms with Crippen molar-refractivity contribution in [1.29, 1.82) is 0 Å². The molecule has 0 aliphatic carbocycles. The molecule has 0 aromatic heterocycles. The molecule has 2 unspecified atom stereocenters. The summed E-state index contributed by atoms with van der Waals surface area (Å²) >= 11 is 0. The van der Waals surface area contributed by atoms with Crippen LogP contribution in [0, 0.1) is 11.3 Å². The molecule has 180 valence electrons. The molecule has 0 saturated carbocycles. The van der Waals surface area contributed by atoms with Gasteiger partial charge in [0.25, 0.3) is 0 Å². The second-order valence-electron chi connectivity index (χ2n) is 10.9. The summed E-state index contributed by atoms with van der Waals surface area (Å²) in [7, 11) is 0. The second kappa shape index (κ2) is 12.4. The minimum atomic E-state index is -0.336. The number of likely N-dealkylation sites (tertiary alicyclic amines) is 1. The summed E-state index contributed by atoms with van der Waals surface area (Å²) in [6.45, 7) is 17.9. The van der Waals surface area contributed by atoms with Gasteiger partial charge in [-0.25, -0.2) is 0 Å². The largest absolute Gasteiger partial charge is 0.493 e. The van der Waals surface area contributed by atoms with E-state index < -0.39 is 0 Å². The zero-order valence-electron chi connectivity index (χ0n) is 21.1. The normalized spacial score (nSPS) is 17.5. The van der Waals surface area contributed by atoms with Gasteiger partial charge in [-0.05, 0) is 68.7 Å². The lowest BCUT2D eigenvalue weighted by atomic mass is 9.98. The van der Waals surface area contributed by atoms with Crippen molar-refractivity contribution in [3.8, 4) is 5.75 Å². The highest BCUT2D eigenvalue weighted by atomic mass is 16.5. The third-order valence-corrected chi connectivity index (χ3v) is 5.95. The highest BCUT2D eigenvalue weighted by molar-refractivity contribution is 5.56. The number of hydrogen-bond acceptors (Lipinski definition) is 5. The van der Waals surface area contributed by atoms with Crippen molar-refractivity contribution >= 4 is 12.0 Å². The van der Waals surface area contributed by atoms with Crippen LogP contribution in [0.1, 0.15) is 60.8 Å². The van der Waals surface area contributed by atoms with Gasteiger partial charge in [0.2, 0.25) is 0 Å². The molecule has 1 aromatic rings. The average molecular weight is 444 g/mol. The minimum absolute atomic E-state index is 0.151. The topological polar surface area (TPSA) is 58.8 Å². The molecule has 1 aliphatic heterocycles.